The van der Waals surface area contributed by atoms with E-state index in [1.165, 1.54) is 6.92 Å². The van der Waals surface area contributed by atoms with Crippen molar-refractivity contribution in [3.8, 4) is 0 Å². The van der Waals surface area contributed by atoms with Crippen molar-refractivity contribution in [1.29, 1.82) is 0 Å². The zero-order valence-electron chi connectivity index (χ0n) is 7.62. The second kappa shape index (κ2) is 3.59. The quantitative estimate of drug-likeness (QED) is 0.698. The van der Waals surface area contributed by atoms with Crippen molar-refractivity contribution in [3.63, 3.8) is 0 Å². The zero-order valence-corrected chi connectivity index (χ0v) is 9.21. The Kier molecular flexibility index (Phi) is 2.82. The van der Waals surface area contributed by atoms with E-state index < -0.39 is 11.5 Å². The lowest BCUT2D eigenvalue weighted by atomic mass is 9.93. The number of carbonyl (C=O) groups is 1. The first-order chi connectivity index (χ1) is 6.35. The van der Waals surface area contributed by atoms with Crippen LogP contribution in [-0.2, 0) is 10.3 Å². The third-order valence-corrected chi connectivity index (χ3v) is 2.76. The summed E-state index contributed by atoms with van der Waals surface area (Å²) in [5, 5.41) is 8.88. The number of carboxylic acid groups (broad SMARTS) is 1. The van der Waals surface area contributed by atoms with E-state index in [2.05, 4.69) is 15.9 Å². The first-order valence-corrected chi connectivity index (χ1v) is 4.73. The van der Waals surface area contributed by atoms with E-state index in [0.717, 1.165) is 4.47 Å². The highest BCUT2D eigenvalue weighted by Gasteiger charge is 2.30. The molecule has 0 radical (unpaired) electrons. The SMILES string of the molecule is C[C@](N)(C(=O)O)c1ccc(Br)c(N)c1. The molecule has 5 N–H and O–H groups in total. The van der Waals surface area contributed by atoms with E-state index >= 15 is 0 Å². The lowest BCUT2D eigenvalue weighted by Crippen LogP contribution is -2.41. The number of carboxylic acids is 1. The van der Waals surface area contributed by atoms with E-state index in [-0.39, 0.29) is 0 Å². The third-order valence-electron chi connectivity index (χ3n) is 2.04. The Morgan fingerprint density at radius 3 is 2.57 bits per heavy atom. The largest absolute Gasteiger partial charge is 0.480 e. The number of halogens is 1. The van der Waals surface area contributed by atoms with Gasteiger partial charge in [-0.1, -0.05) is 6.07 Å². The molecule has 14 heavy (non-hydrogen) atoms. The van der Waals surface area contributed by atoms with Crippen LogP contribution in [0.3, 0.4) is 0 Å². The lowest BCUT2D eigenvalue weighted by molar-refractivity contribution is -0.143. The Morgan fingerprint density at radius 1 is 1.57 bits per heavy atom. The Balaban J connectivity index is 3.21. The fourth-order valence-electron chi connectivity index (χ4n) is 0.990. The van der Waals surface area contributed by atoms with Crippen LogP contribution < -0.4 is 11.5 Å². The zero-order chi connectivity index (χ0) is 10.9. The van der Waals surface area contributed by atoms with E-state index in [9.17, 15) is 4.79 Å². The standard InChI is InChI=1S/C9H11BrN2O2/c1-9(12,8(13)14)5-2-3-6(10)7(11)4-5/h2-4H,11-12H2,1H3,(H,13,14)/t9-/m1/s1. The topological polar surface area (TPSA) is 89.3 Å². The molecule has 76 valence electrons. The van der Waals surface area contributed by atoms with Gasteiger partial charge in [0.2, 0.25) is 0 Å². The number of anilines is 1. The van der Waals surface area contributed by atoms with Crippen LogP contribution in [0.4, 0.5) is 5.69 Å². The van der Waals surface area contributed by atoms with Crippen LogP contribution in [0.2, 0.25) is 0 Å². The van der Waals surface area contributed by atoms with Crippen molar-refractivity contribution < 1.29 is 9.90 Å². The summed E-state index contributed by atoms with van der Waals surface area (Å²) < 4.78 is 0.724. The fourth-order valence-corrected chi connectivity index (χ4v) is 1.24. The van der Waals surface area contributed by atoms with Gasteiger partial charge in [0.1, 0.15) is 5.54 Å². The average Bonchev–Trinajstić information content (AvgIpc) is 2.09. The van der Waals surface area contributed by atoms with Gasteiger partial charge in [-0.3, -0.25) is 0 Å². The predicted octanol–water partition coefficient (Wildman–Crippen LogP) is 1.29. The van der Waals surface area contributed by atoms with Crippen LogP contribution in [0.5, 0.6) is 0 Å². The molecule has 0 aliphatic rings. The third kappa shape index (κ3) is 1.88. The molecular weight excluding hydrogens is 248 g/mol. The molecule has 0 spiro atoms. The van der Waals surface area contributed by atoms with Crippen molar-refractivity contribution in [2.24, 2.45) is 5.73 Å². The summed E-state index contributed by atoms with van der Waals surface area (Å²) in [4.78, 5) is 10.8. The first-order valence-electron chi connectivity index (χ1n) is 3.93. The Bertz CT molecular complexity index is 377. The molecule has 1 atom stereocenters. The van der Waals surface area contributed by atoms with Gasteiger partial charge in [-0.25, -0.2) is 4.79 Å². The molecule has 4 nitrogen and oxygen atoms in total. The van der Waals surface area contributed by atoms with Crippen molar-refractivity contribution in [2.75, 3.05) is 5.73 Å². The smallest absolute Gasteiger partial charge is 0.328 e. The molecule has 5 heteroatoms. The van der Waals surface area contributed by atoms with Gasteiger partial charge < -0.3 is 16.6 Å². The summed E-state index contributed by atoms with van der Waals surface area (Å²) in [6, 6.07) is 4.87. The Morgan fingerprint density at radius 2 is 2.14 bits per heavy atom. The maximum absolute atomic E-state index is 10.8. The summed E-state index contributed by atoms with van der Waals surface area (Å²) in [6.07, 6.45) is 0. The normalized spacial score (nSPS) is 14.8. The molecule has 0 aromatic heterocycles. The minimum absolute atomic E-state index is 0.473. The van der Waals surface area contributed by atoms with Crippen LogP contribution in [0.1, 0.15) is 12.5 Å². The van der Waals surface area contributed by atoms with Crippen LogP contribution in [0, 0.1) is 0 Å². The summed E-state index contributed by atoms with van der Waals surface area (Å²) in [6.45, 7) is 1.43. The van der Waals surface area contributed by atoms with Gasteiger partial charge >= 0.3 is 5.97 Å². The maximum Gasteiger partial charge on any atom is 0.328 e. The number of hydrogen-bond acceptors (Lipinski definition) is 3. The fraction of sp³-hybridized carbons (Fsp3) is 0.222. The Labute approximate surface area is 90.0 Å². The van der Waals surface area contributed by atoms with Crippen LogP contribution in [0.25, 0.3) is 0 Å². The van der Waals surface area contributed by atoms with E-state index in [0.29, 0.717) is 11.3 Å². The molecule has 0 unspecified atom stereocenters. The van der Waals surface area contributed by atoms with E-state index in [1.807, 2.05) is 0 Å². The molecule has 0 saturated carbocycles. The first kappa shape index (κ1) is 11.0. The predicted molar refractivity (Wildman–Crippen MR) is 57.7 cm³/mol. The van der Waals surface area contributed by atoms with E-state index in [1.54, 1.807) is 18.2 Å². The molecule has 1 rings (SSSR count). The second-order valence-electron chi connectivity index (χ2n) is 3.24. The second-order valence-corrected chi connectivity index (χ2v) is 4.10. The van der Waals surface area contributed by atoms with Crippen LogP contribution in [0.15, 0.2) is 22.7 Å². The molecule has 0 heterocycles. The van der Waals surface area contributed by atoms with Gasteiger partial charge in [-0.2, -0.15) is 0 Å². The highest BCUT2D eigenvalue weighted by Crippen LogP contribution is 2.25. The molecule has 0 bridgehead atoms. The highest BCUT2D eigenvalue weighted by atomic mass is 79.9. The van der Waals surface area contributed by atoms with Gasteiger partial charge in [0, 0.05) is 10.2 Å². The van der Waals surface area contributed by atoms with Gasteiger partial charge in [0.15, 0.2) is 0 Å². The van der Waals surface area contributed by atoms with Crippen molar-refractivity contribution >= 4 is 27.6 Å². The number of nitrogen functional groups attached to an aromatic ring is 1. The van der Waals surface area contributed by atoms with Gasteiger partial charge in [-0.05, 0) is 40.5 Å². The number of nitrogens with two attached hydrogens (primary N) is 2. The van der Waals surface area contributed by atoms with Crippen molar-refractivity contribution in [1.82, 2.24) is 0 Å². The summed E-state index contributed by atoms with van der Waals surface area (Å²) in [5.41, 5.74) is 10.8. The molecular formula is C9H11BrN2O2. The average molecular weight is 259 g/mol. The van der Waals surface area contributed by atoms with Gasteiger partial charge in [0.25, 0.3) is 0 Å². The molecule has 0 aliphatic heterocycles. The monoisotopic (exact) mass is 258 g/mol. The molecule has 0 saturated heterocycles. The van der Waals surface area contributed by atoms with Crippen molar-refractivity contribution in [3.05, 3.63) is 28.2 Å². The summed E-state index contributed by atoms with van der Waals surface area (Å²) in [5.74, 6) is -1.08. The lowest BCUT2D eigenvalue weighted by Gasteiger charge is -2.20. The Hall–Kier alpha value is -1.07. The maximum atomic E-state index is 10.8. The molecule has 0 fully saturated rings. The van der Waals surface area contributed by atoms with E-state index in [4.69, 9.17) is 16.6 Å². The molecule has 1 aromatic rings. The number of aliphatic carboxylic acids is 1. The highest BCUT2D eigenvalue weighted by molar-refractivity contribution is 9.10. The van der Waals surface area contributed by atoms with Gasteiger partial charge in [0.05, 0.1) is 0 Å². The molecule has 0 amide bonds. The van der Waals surface area contributed by atoms with Crippen LogP contribution in [-0.4, -0.2) is 11.1 Å². The molecule has 1 aromatic carbocycles. The minimum atomic E-state index is -1.41. The minimum Gasteiger partial charge on any atom is -0.480 e. The number of rotatable bonds is 2. The summed E-state index contributed by atoms with van der Waals surface area (Å²) >= 11 is 3.22. The van der Waals surface area contributed by atoms with Crippen molar-refractivity contribution in [2.45, 2.75) is 12.5 Å². The molecule has 0 aliphatic carbocycles. The van der Waals surface area contributed by atoms with Gasteiger partial charge in [-0.15, -0.1) is 0 Å². The number of benzene rings is 1. The van der Waals surface area contributed by atoms with Crippen LogP contribution >= 0.6 is 15.9 Å². The number of hydrogen-bond donors (Lipinski definition) is 3. The summed E-state index contributed by atoms with van der Waals surface area (Å²) in [7, 11) is 0.